The highest BCUT2D eigenvalue weighted by Gasteiger charge is 2.42. The van der Waals surface area contributed by atoms with E-state index in [2.05, 4.69) is 25.3 Å². The molecular formula is C14H25NO5S2. The first kappa shape index (κ1) is 23.2. The summed E-state index contributed by atoms with van der Waals surface area (Å²) in [6.45, 7) is 3.69. The van der Waals surface area contributed by atoms with Gasteiger partial charge in [-0.05, 0) is 19.3 Å². The number of thiol groups is 2. The summed E-state index contributed by atoms with van der Waals surface area (Å²) in [4.78, 5) is 42.3. The molecular weight excluding hydrogens is 326 g/mol. The Hall–Kier alpha value is -1.02. The van der Waals surface area contributed by atoms with Crippen LogP contribution in [0, 0.1) is 5.41 Å². The normalized spacial score (nSPS) is 10.4. The largest absolute Gasteiger partial charge is 0.480 e. The average Bonchev–Trinajstić information content (AvgIpc) is 2.37. The number of carboxylic acid groups (broad SMARTS) is 1. The molecule has 3 N–H and O–H groups in total. The van der Waals surface area contributed by atoms with Gasteiger partial charge in [0.15, 0.2) is 10.2 Å². The van der Waals surface area contributed by atoms with Gasteiger partial charge in [-0.1, -0.05) is 26.7 Å². The standard InChI is InChI=1S/C9H17NO3.C5H8O2S2/c1-3-5-9(6-4-2,7(10)11)8(12)13;6-4(8)2-1-3-5(7)9/h3-6H2,1-2H3,(H2,10,11)(H,12,13);1-3H2,(H,6,8)(H,7,9). The highest BCUT2D eigenvalue weighted by atomic mass is 32.1. The van der Waals surface area contributed by atoms with E-state index >= 15 is 0 Å². The van der Waals surface area contributed by atoms with Gasteiger partial charge in [0.25, 0.3) is 0 Å². The van der Waals surface area contributed by atoms with Crippen LogP contribution in [0.4, 0.5) is 0 Å². The predicted octanol–water partition coefficient (Wildman–Crippen LogP) is 2.21. The van der Waals surface area contributed by atoms with Crippen LogP contribution in [-0.2, 0) is 19.2 Å². The Bertz CT molecular complexity index is 363. The summed E-state index contributed by atoms with van der Waals surface area (Å²) in [6.07, 6.45) is 3.22. The van der Waals surface area contributed by atoms with Crippen molar-refractivity contribution in [2.24, 2.45) is 11.1 Å². The first-order valence-electron chi connectivity index (χ1n) is 7.10. The van der Waals surface area contributed by atoms with E-state index in [1.807, 2.05) is 13.8 Å². The van der Waals surface area contributed by atoms with E-state index in [1.165, 1.54) is 0 Å². The number of hydrogen-bond donors (Lipinski definition) is 4. The number of amides is 1. The fraction of sp³-hybridized carbons (Fsp3) is 0.714. The van der Waals surface area contributed by atoms with E-state index in [0.29, 0.717) is 44.9 Å². The van der Waals surface area contributed by atoms with Crippen molar-refractivity contribution >= 4 is 47.4 Å². The Morgan fingerprint density at radius 3 is 1.50 bits per heavy atom. The molecule has 0 spiro atoms. The van der Waals surface area contributed by atoms with Crippen LogP contribution in [0.2, 0.25) is 0 Å². The molecule has 0 aromatic heterocycles. The molecule has 0 radical (unpaired) electrons. The van der Waals surface area contributed by atoms with Gasteiger partial charge in [-0.15, -0.1) is 25.3 Å². The van der Waals surface area contributed by atoms with Gasteiger partial charge in [-0.25, -0.2) is 0 Å². The van der Waals surface area contributed by atoms with Crippen molar-refractivity contribution in [2.45, 2.75) is 58.8 Å². The Morgan fingerprint density at radius 1 is 0.955 bits per heavy atom. The number of carbonyl (C=O) groups is 4. The van der Waals surface area contributed by atoms with E-state index < -0.39 is 17.3 Å². The third-order valence-electron chi connectivity index (χ3n) is 3.02. The minimum Gasteiger partial charge on any atom is -0.480 e. The molecule has 8 heteroatoms. The molecule has 0 aromatic rings. The van der Waals surface area contributed by atoms with E-state index in [0.717, 1.165) is 0 Å². The smallest absolute Gasteiger partial charge is 0.319 e. The number of hydrogen-bond acceptors (Lipinski definition) is 4. The van der Waals surface area contributed by atoms with Gasteiger partial charge >= 0.3 is 5.97 Å². The van der Waals surface area contributed by atoms with Crippen molar-refractivity contribution in [3.63, 3.8) is 0 Å². The van der Waals surface area contributed by atoms with E-state index in [9.17, 15) is 19.2 Å². The zero-order valence-corrected chi connectivity index (χ0v) is 14.8. The lowest BCUT2D eigenvalue weighted by atomic mass is 9.78. The zero-order valence-electron chi connectivity index (χ0n) is 13.0. The van der Waals surface area contributed by atoms with E-state index in [4.69, 9.17) is 10.8 Å². The Labute approximate surface area is 142 Å². The summed E-state index contributed by atoms with van der Waals surface area (Å²) >= 11 is 7.05. The van der Waals surface area contributed by atoms with Gasteiger partial charge in [0.2, 0.25) is 5.91 Å². The molecule has 0 unspecified atom stereocenters. The van der Waals surface area contributed by atoms with Crippen molar-refractivity contribution in [1.29, 1.82) is 0 Å². The molecule has 0 heterocycles. The van der Waals surface area contributed by atoms with Gasteiger partial charge in [0, 0.05) is 12.8 Å². The van der Waals surface area contributed by atoms with Crippen LogP contribution in [0.1, 0.15) is 58.8 Å². The summed E-state index contributed by atoms with van der Waals surface area (Å²) < 4.78 is 0. The predicted molar refractivity (Wildman–Crippen MR) is 90.9 cm³/mol. The second kappa shape index (κ2) is 12.5. The van der Waals surface area contributed by atoms with Gasteiger partial charge < -0.3 is 10.8 Å². The Balaban J connectivity index is 0. The number of rotatable bonds is 10. The number of carbonyl (C=O) groups excluding carboxylic acids is 3. The molecule has 6 nitrogen and oxygen atoms in total. The fourth-order valence-corrected chi connectivity index (χ4v) is 2.25. The van der Waals surface area contributed by atoms with Crippen LogP contribution in [0.15, 0.2) is 0 Å². The lowest BCUT2D eigenvalue weighted by Gasteiger charge is -2.24. The third-order valence-corrected chi connectivity index (χ3v) is 3.46. The average molecular weight is 351 g/mol. The monoisotopic (exact) mass is 351 g/mol. The summed E-state index contributed by atoms with van der Waals surface area (Å²) in [5, 5.41) is 8.60. The van der Waals surface area contributed by atoms with Crippen LogP contribution < -0.4 is 5.73 Å². The first-order valence-corrected chi connectivity index (χ1v) is 8.00. The van der Waals surface area contributed by atoms with Crippen molar-refractivity contribution in [1.82, 2.24) is 0 Å². The zero-order chi connectivity index (χ0) is 17.8. The number of primary amides is 1. The Morgan fingerprint density at radius 2 is 1.32 bits per heavy atom. The minimum absolute atomic E-state index is 0.176. The molecule has 0 aliphatic rings. The van der Waals surface area contributed by atoms with Crippen LogP contribution in [0.3, 0.4) is 0 Å². The second-order valence-electron chi connectivity index (χ2n) is 4.89. The molecule has 0 atom stereocenters. The van der Waals surface area contributed by atoms with Crippen LogP contribution in [0.5, 0.6) is 0 Å². The molecule has 0 rings (SSSR count). The van der Waals surface area contributed by atoms with Crippen molar-refractivity contribution in [2.75, 3.05) is 0 Å². The number of nitrogens with two attached hydrogens (primary N) is 1. The van der Waals surface area contributed by atoms with Crippen LogP contribution in [-0.4, -0.2) is 27.2 Å². The maximum absolute atomic E-state index is 11.1. The second-order valence-corrected chi connectivity index (χ2v) is 5.89. The molecule has 1 amide bonds. The number of aliphatic carboxylic acids is 1. The third kappa shape index (κ3) is 9.83. The maximum Gasteiger partial charge on any atom is 0.319 e. The highest BCUT2D eigenvalue weighted by Crippen LogP contribution is 2.29. The molecule has 0 bridgehead atoms. The topological polar surface area (TPSA) is 115 Å². The molecule has 0 saturated heterocycles. The van der Waals surface area contributed by atoms with Gasteiger partial charge in [0.05, 0.1) is 0 Å². The van der Waals surface area contributed by atoms with Crippen molar-refractivity contribution in [3.05, 3.63) is 0 Å². The summed E-state index contributed by atoms with van der Waals surface area (Å²) in [6, 6.07) is 0. The first-order chi connectivity index (χ1) is 10.1. The van der Waals surface area contributed by atoms with Crippen LogP contribution >= 0.6 is 25.3 Å². The van der Waals surface area contributed by atoms with Gasteiger partial charge in [-0.2, -0.15) is 0 Å². The van der Waals surface area contributed by atoms with Crippen molar-refractivity contribution < 1.29 is 24.3 Å². The minimum atomic E-state index is -1.34. The maximum atomic E-state index is 11.1. The Kier molecular flexibility index (Phi) is 13.2. The van der Waals surface area contributed by atoms with E-state index in [-0.39, 0.29) is 10.2 Å². The van der Waals surface area contributed by atoms with Crippen molar-refractivity contribution in [3.8, 4) is 0 Å². The highest BCUT2D eigenvalue weighted by molar-refractivity contribution is 7.96. The number of carboxylic acids is 1. The summed E-state index contributed by atoms with van der Waals surface area (Å²) in [5.74, 6) is -1.81. The molecule has 0 fully saturated rings. The molecule has 0 saturated carbocycles. The lowest BCUT2D eigenvalue weighted by Crippen LogP contribution is -2.43. The quantitative estimate of drug-likeness (QED) is 0.356. The lowest BCUT2D eigenvalue weighted by molar-refractivity contribution is -0.156. The molecule has 0 aliphatic carbocycles. The molecule has 0 aliphatic heterocycles. The molecule has 22 heavy (non-hydrogen) atoms. The van der Waals surface area contributed by atoms with Gasteiger partial charge in [-0.3, -0.25) is 19.2 Å². The van der Waals surface area contributed by atoms with Gasteiger partial charge in [0.1, 0.15) is 5.41 Å². The van der Waals surface area contributed by atoms with E-state index in [1.54, 1.807) is 0 Å². The fourth-order valence-electron chi connectivity index (χ4n) is 1.94. The molecule has 128 valence electrons. The summed E-state index contributed by atoms with van der Waals surface area (Å²) in [5.41, 5.74) is 3.78. The summed E-state index contributed by atoms with van der Waals surface area (Å²) in [7, 11) is 0. The SMILES string of the molecule is CCCC(CCC)(C(N)=O)C(=O)O.O=C(S)CCCC(=O)S. The van der Waals surface area contributed by atoms with Crippen LogP contribution in [0.25, 0.3) is 0 Å². The molecule has 0 aromatic carbocycles.